The summed E-state index contributed by atoms with van der Waals surface area (Å²) in [7, 11) is 4.35. The van der Waals surface area contributed by atoms with Crippen molar-refractivity contribution in [2.45, 2.75) is 20.7 Å². The lowest BCUT2D eigenvalue weighted by Crippen LogP contribution is -2.34. The van der Waals surface area contributed by atoms with Crippen LogP contribution in [0.4, 0.5) is 11.4 Å². The molecule has 0 amide bonds. The number of likely N-dealkylation sites (N-methyl/N-ethyl adjacent to an activating group) is 1. The largest absolute Gasteiger partial charge is 0.363 e. The van der Waals surface area contributed by atoms with E-state index in [1.165, 1.54) is 79.1 Å². The molecule has 2 nitrogen and oxygen atoms in total. The molecular formula is C44H33N2S2+. The summed E-state index contributed by atoms with van der Waals surface area (Å²) >= 11 is 3.74. The molecule has 9 rings (SSSR count). The third-order valence-corrected chi connectivity index (χ3v) is 11.9. The lowest BCUT2D eigenvalue weighted by molar-refractivity contribution is 0.840. The van der Waals surface area contributed by atoms with E-state index >= 15 is 0 Å². The van der Waals surface area contributed by atoms with Gasteiger partial charge in [0.2, 0.25) is 11.0 Å². The van der Waals surface area contributed by atoms with E-state index in [0.717, 1.165) is 0 Å². The Bertz CT molecular complexity index is 2600. The second-order valence-electron chi connectivity index (χ2n) is 12.5. The Balaban J connectivity index is 1.17. The summed E-state index contributed by atoms with van der Waals surface area (Å²) in [6, 6.07) is 42.1. The van der Waals surface area contributed by atoms with Gasteiger partial charge >= 0.3 is 0 Å². The van der Waals surface area contributed by atoms with Gasteiger partial charge < -0.3 is 4.90 Å². The number of anilines is 1. The quantitative estimate of drug-likeness (QED) is 0.138. The van der Waals surface area contributed by atoms with Gasteiger partial charge in [0.1, 0.15) is 7.05 Å². The summed E-state index contributed by atoms with van der Waals surface area (Å²) < 4.78 is 2.30. The molecule has 0 N–H and O–H groups in total. The minimum atomic E-state index is 0.278. The maximum atomic E-state index is 2.38. The molecule has 0 saturated carbocycles. The van der Waals surface area contributed by atoms with E-state index in [2.05, 4.69) is 181 Å². The van der Waals surface area contributed by atoms with Gasteiger partial charge in [-0.3, -0.25) is 0 Å². The van der Waals surface area contributed by atoms with Crippen LogP contribution in [0, 0.1) is 0 Å². The van der Waals surface area contributed by atoms with Gasteiger partial charge in [0.15, 0.2) is 0 Å². The van der Waals surface area contributed by atoms with Crippen LogP contribution in [-0.2, 0) is 0 Å². The zero-order chi connectivity index (χ0) is 32.2. The number of hydrogen-bond donors (Lipinski definition) is 0. The highest BCUT2D eigenvalue weighted by molar-refractivity contribution is 8.03. The standard InChI is InChI=1S/C44H33N2S2/c1-45-37-15-7-9-17-41(37)47-43-27-29(21-25-39(43)45)19-23-35-31-11-3-5-13-33(31)36(34-14-6-4-12-32(34)35)24-20-30-22-26-40-44(28-30)48-42-18-10-8-16-38(42)46(40)2/h3-28,39H,1-2H3/q+1. The van der Waals surface area contributed by atoms with Crippen molar-refractivity contribution in [2.75, 3.05) is 19.0 Å². The molecule has 2 aliphatic heterocycles. The molecule has 1 unspecified atom stereocenters. The molecule has 0 fully saturated rings. The van der Waals surface area contributed by atoms with E-state index in [9.17, 15) is 0 Å². The molecule has 6 aromatic rings. The number of nitrogens with zero attached hydrogens (tertiary/aromatic N) is 2. The number of fused-ring (bicyclic) bond motifs is 6. The molecule has 6 aromatic carbocycles. The Hall–Kier alpha value is -5.03. The van der Waals surface area contributed by atoms with Crippen molar-refractivity contribution < 1.29 is 0 Å². The molecule has 48 heavy (non-hydrogen) atoms. The lowest BCUT2D eigenvalue weighted by atomic mass is 9.96. The third kappa shape index (κ3) is 4.95. The number of thioether (sulfide) groups is 1. The first-order valence-electron chi connectivity index (χ1n) is 16.3. The Morgan fingerprint density at radius 3 is 1.98 bits per heavy atom. The molecule has 0 saturated heterocycles. The van der Waals surface area contributed by atoms with Crippen LogP contribution in [-0.4, -0.2) is 20.1 Å². The van der Waals surface area contributed by atoms with Crippen molar-refractivity contribution in [3.8, 4) is 0 Å². The Morgan fingerprint density at radius 2 is 1.25 bits per heavy atom. The van der Waals surface area contributed by atoms with Crippen molar-refractivity contribution in [1.82, 2.24) is 4.58 Å². The van der Waals surface area contributed by atoms with Gasteiger partial charge in [-0.2, -0.15) is 4.58 Å². The monoisotopic (exact) mass is 653 g/mol. The SMILES string of the molecule is CN1c2ccccc2SC2=CC(=CC=c3c4ccccc4c(=CC=c4ccc5c(c4)Sc4ccccc4[N+]=5C)c4ccccc34)C=CC21. The first-order chi connectivity index (χ1) is 23.6. The van der Waals surface area contributed by atoms with Crippen LogP contribution < -0.4 is 30.5 Å². The Labute approximate surface area is 288 Å². The number of benzene rings is 6. The Kier molecular flexibility index (Phi) is 7.22. The van der Waals surface area contributed by atoms with Crippen LogP contribution in [0.25, 0.3) is 39.8 Å². The summed E-state index contributed by atoms with van der Waals surface area (Å²) in [6.45, 7) is 0. The highest BCUT2D eigenvalue weighted by Crippen LogP contribution is 2.45. The van der Waals surface area contributed by atoms with Crippen LogP contribution in [0.1, 0.15) is 0 Å². The minimum Gasteiger partial charge on any atom is -0.363 e. The van der Waals surface area contributed by atoms with Crippen molar-refractivity contribution in [1.29, 1.82) is 0 Å². The molecule has 4 heteroatoms. The van der Waals surface area contributed by atoms with Gasteiger partial charge in [0.25, 0.3) is 0 Å². The average Bonchev–Trinajstić information content (AvgIpc) is 3.13. The maximum absolute atomic E-state index is 2.38. The van der Waals surface area contributed by atoms with E-state index in [4.69, 9.17) is 0 Å². The zero-order valence-corrected chi connectivity index (χ0v) is 28.4. The molecule has 2 heterocycles. The average molecular weight is 654 g/mol. The van der Waals surface area contributed by atoms with Crippen LogP contribution in [0.15, 0.2) is 165 Å². The van der Waals surface area contributed by atoms with Gasteiger partial charge in [0.05, 0.1) is 21.5 Å². The van der Waals surface area contributed by atoms with E-state index in [1.54, 1.807) is 0 Å². The lowest BCUT2D eigenvalue weighted by Gasteiger charge is -2.37. The second kappa shape index (κ2) is 11.9. The van der Waals surface area contributed by atoms with Gasteiger partial charge in [-0.1, -0.05) is 133 Å². The third-order valence-electron chi connectivity index (χ3n) is 9.65. The minimum absolute atomic E-state index is 0.278. The summed E-state index contributed by atoms with van der Waals surface area (Å²) in [5.74, 6) is 0. The molecule has 0 spiro atoms. The molecule has 1 atom stereocenters. The molecule has 0 radical (unpaired) electrons. The predicted octanol–water partition coefficient (Wildman–Crippen LogP) is 7.94. The first-order valence-corrected chi connectivity index (χ1v) is 18.0. The highest BCUT2D eigenvalue weighted by atomic mass is 32.2. The van der Waals surface area contributed by atoms with Crippen LogP contribution in [0.3, 0.4) is 0 Å². The summed E-state index contributed by atoms with van der Waals surface area (Å²) in [4.78, 5) is 7.63. The highest BCUT2D eigenvalue weighted by Gasteiger charge is 2.28. The first kappa shape index (κ1) is 29.1. The van der Waals surface area contributed by atoms with Crippen molar-refractivity contribution in [2.24, 2.45) is 0 Å². The Morgan fingerprint density at radius 1 is 0.625 bits per heavy atom. The van der Waals surface area contributed by atoms with Gasteiger partial charge in [-0.15, -0.1) is 0 Å². The summed E-state index contributed by atoms with van der Waals surface area (Å²) in [6.07, 6.45) is 16.1. The molecule has 1 aliphatic carbocycles. The molecule has 3 aliphatic rings. The smallest absolute Gasteiger partial charge is 0.219 e. The van der Waals surface area contributed by atoms with Crippen LogP contribution in [0.5, 0.6) is 0 Å². The fourth-order valence-corrected chi connectivity index (χ4v) is 9.66. The second-order valence-corrected chi connectivity index (χ2v) is 14.7. The van der Waals surface area contributed by atoms with Crippen LogP contribution >= 0.6 is 23.5 Å². The van der Waals surface area contributed by atoms with E-state index in [0.29, 0.717) is 0 Å². The van der Waals surface area contributed by atoms with Crippen molar-refractivity contribution in [3.05, 3.63) is 171 Å². The molecule has 230 valence electrons. The number of allylic oxidation sites excluding steroid dienone is 4. The van der Waals surface area contributed by atoms with Crippen LogP contribution in [0.2, 0.25) is 0 Å². The molecular weight excluding hydrogens is 621 g/mol. The molecule has 0 bridgehead atoms. The number of hydrogen-bond acceptors (Lipinski definition) is 3. The normalized spacial score (nSPS) is 17.5. The molecule has 0 aromatic heterocycles. The number of para-hydroxylation sites is 2. The van der Waals surface area contributed by atoms with E-state index < -0.39 is 0 Å². The van der Waals surface area contributed by atoms with Crippen molar-refractivity contribution >= 4 is 74.7 Å². The predicted molar refractivity (Wildman–Crippen MR) is 207 cm³/mol. The fourth-order valence-electron chi connectivity index (χ4n) is 7.20. The van der Waals surface area contributed by atoms with Gasteiger partial charge in [-0.05, 0) is 79.2 Å². The van der Waals surface area contributed by atoms with Crippen molar-refractivity contribution in [3.63, 3.8) is 0 Å². The van der Waals surface area contributed by atoms with E-state index in [1.807, 2.05) is 23.5 Å². The zero-order valence-electron chi connectivity index (χ0n) is 26.8. The van der Waals surface area contributed by atoms with Gasteiger partial charge in [0, 0.05) is 29.0 Å². The fraction of sp³-hybridized carbons (Fsp3) is 0.0682. The van der Waals surface area contributed by atoms with Gasteiger partial charge in [-0.25, -0.2) is 0 Å². The number of rotatable bonds is 2. The topological polar surface area (TPSA) is 6.25 Å². The summed E-state index contributed by atoms with van der Waals surface area (Å²) in [5.41, 5.74) is 3.77. The van der Waals surface area contributed by atoms with E-state index in [-0.39, 0.29) is 6.04 Å². The summed E-state index contributed by atoms with van der Waals surface area (Å²) in [5, 5.41) is 10.0. The maximum Gasteiger partial charge on any atom is 0.219 e.